The minimum Gasteiger partial charge on any atom is -0.390 e. The molecular weight excluding hydrogens is 326 g/mol. The van der Waals surface area contributed by atoms with E-state index in [4.69, 9.17) is 0 Å². The highest BCUT2D eigenvalue weighted by atomic mass is 16.6. The lowest BCUT2D eigenvalue weighted by atomic mass is 10.1. The summed E-state index contributed by atoms with van der Waals surface area (Å²) in [6.45, 7) is 2.17. The molecule has 0 atom stereocenters. The fourth-order valence-corrected chi connectivity index (χ4v) is 2.17. The molecule has 3 aromatic rings. The second-order valence-corrected chi connectivity index (χ2v) is 5.23. The Balaban J connectivity index is 1.65. The van der Waals surface area contributed by atoms with E-state index in [0.29, 0.717) is 5.69 Å². The minimum absolute atomic E-state index is 0.110. The van der Waals surface area contributed by atoms with Gasteiger partial charge < -0.3 is 15.4 Å². The van der Waals surface area contributed by atoms with Gasteiger partial charge in [-0.3, -0.25) is 4.79 Å². The fraction of sp³-hybridized carbons (Fsp3) is 0.200. The number of anilines is 1. The van der Waals surface area contributed by atoms with E-state index in [1.165, 1.54) is 21.3 Å². The zero-order valence-electron chi connectivity index (χ0n) is 13.4. The van der Waals surface area contributed by atoms with Crippen LogP contribution in [0, 0.1) is 10.1 Å². The topological polar surface area (TPSA) is 121 Å². The molecule has 0 unspecified atom stereocenters. The summed E-state index contributed by atoms with van der Waals surface area (Å²) < 4.78 is 2.70. The van der Waals surface area contributed by atoms with E-state index in [0.717, 1.165) is 6.42 Å². The lowest BCUT2D eigenvalue weighted by Gasteiger charge is -2.04. The van der Waals surface area contributed by atoms with Gasteiger partial charge in [-0.25, -0.2) is 4.68 Å². The van der Waals surface area contributed by atoms with Crippen LogP contribution in [0.3, 0.4) is 0 Å². The zero-order chi connectivity index (χ0) is 17.8. The van der Waals surface area contributed by atoms with Crippen LogP contribution in [0.2, 0.25) is 0 Å². The molecule has 2 heterocycles. The highest BCUT2D eigenvalue weighted by Gasteiger charge is 2.14. The van der Waals surface area contributed by atoms with Crippen molar-refractivity contribution in [3.05, 3.63) is 64.2 Å². The van der Waals surface area contributed by atoms with Gasteiger partial charge in [0.15, 0.2) is 12.4 Å². The number of amides is 1. The first-order valence-electron chi connectivity index (χ1n) is 7.52. The van der Waals surface area contributed by atoms with Crippen LogP contribution in [0.1, 0.15) is 23.0 Å². The van der Waals surface area contributed by atoms with Crippen molar-refractivity contribution in [1.82, 2.24) is 24.5 Å². The van der Waals surface area contributed by atoms with Gasteiger partial charge in [-0.05, 0) is 35.1 Å². The van der Waals surface area contributed by atoms with Crippen molar-refractivity contribution >= 4 is 17.5 Å². The summed E-state index contributed by atoms with van der Waals surface area (Å²) in [4.78, 5) is 25.7. The third-order valence-corrected chi connectivity index (χ3v) is 3.47. The Morgan fingerprint density at radius 1 is 1.20 bits per heavy atom. The third-order valence-electron chi connectivity index (χ3n) is 3.47. The largest absolute Gasteiger partial charge is 0.491 e. The molecule has 0 bridgehead atoms. The van der Waals surface area contributed by atoms with Crippen molar-refractivity contribution in [2.45, 2.75) is 20.0 Å². The van der Waals surface area contributed by atoms with Crippen LogP contribution in [-0.4, -0.2) is 35.4 Å². The summed E-state index contributed by atoms with van der Waals surface area (Å²) in [5.74, 6) is -0.826. The van der Waals surface area contributed by atoms with Crippen LogP contribution >= 0.6 is 0 Å². The predicted molar refractivity (Wildman–Crippen MR) is 88.1 cm³/mol. The summed E-state index contributed by atoms with van der Waals surface area (Å²) in [5.41, 5.74) is 2.10. The van der Waals surface area contributed by atoms with Gasteiger partial charge in [-0.15, -0.1) is 0 Å². The molecule has 0 fully saturated rings. The number of nitrogens with one attached hydrogen (secondary N) is 1. The average molecular weight is 341 g/mol. The van der Waals surface area contributed by atoms with Crippen LogP contribution in [0.25, 0.3) is 0 Å². The molecule has 0 saturated carbocycles. The van der Waals surface area contributed by atoms with Crippen molar-refractivity contribution in [2.75, 3.05) is 5.32 Å². The third kappa shape index (κ3) is 3.86. The normalized spacial score (nSPS) is 10.6. The Morgan fingerprint density at radius 3 is 2.60 bits per heavy atom. The van der Waals surface area contributed by atoms with E-state index in [1.807, 2.05) is 24.3 Å². The zero-order valence-corrected chi connectivity index (χ0v) is 13.4. The Bertz CT molecular complexity index is 898. The van der Waals surface area contributed by atoms with Gasteiger partial charge in [-0.2, -0.15) is 9.78 Å². The van der Waals surface area contributed by atoms with E-state index < -0.39 is 10.9 Å². The lowest BCUT2D eigenvalue weighted by Crippen LogP contribution is -2.15. The molecule has 1 aromatic carbocycles. The number of nitrogens with zero attached hydrogens (tertiary/aromatic N) is 6. The first kappa shape index (κ1) is 16.3. The molecule has 10 nitrogen and oxygen atoms in total. The molecule has 0 aliphatic heterocycles. The monoisotopic (exact) mass is 341 g/mol. The number of rotatable bonds is 6. The molecule has 1 N–H and O–H groups in total. The summed E-state index contributed by atoms with van der Waals surface area (Å²) in [5, 5.41) is 21.2. The van der Waals surface area contributed by atoms with Crippen molar-refractivity contribution in [3.8, 4) is 0 Å². The molecule has 3 rings (SSSR count). The number of carbonyl (C=O) groups excluding carboxylic acids is 1. The molecule has 0 aliphatic rings. The summed E-state index contributed by atoms with van der Waals surface area (Å²) in [7, 11) is 0. The number of aryl methyl sites for hydroxylation is 1. The van der Waals surface area contributed by atoms with Gasteiger partial charge in [0.2, 0.25) is 6.33 Å². The Labute approximate surface area is 142 Å². The van der Waals surface area contributed by atoms with Crippen molar-refractivity contribution in [3.63, 3.8) is 0 Å². The van der Waals surface area contributed by atoms with Crippen LogP contribution in [0.4, 0.5) is 11.6 Å². The van der Waals surface area contributed by atoms with Crippen molar-refractivity contribution in [1.29, 1.82) is 0 Å². The van der Waals surface area contributed by atoms with Crippen LogP contribution < -0.4 is 5.32 Å². The van der Waals surface area contributed by atoms with Gasteiger partial charge >= 0.3 is 5.95 Å². The Morgan fingerprint density at radius 2 is 1.96 bits per heavy atom. The molecule has 128 valence electrons. The van der Waals surface area contributed by atoms with E-state index in [2.05, 4.69) is 27.4 Å². The number of hydrogen-bond acceptors (Lipinski definition) is 6. The van der Waals surface area contributed by atoms with Gasteiger partial charge in [0.05, 0.1) is 0 Å². The second kappa shape index (κ2) is 6.91. The van der Waals surface area contributed by atoms with E-state index in [-0.39, 0.29) is 18.3 Å². The number of nitro groups is 1. The predicted octanol–water partition coefficient (Wildman–Crippen LogP) is 1.70. The second-order valence-electron chi connectivity index (χ2n) is 5.23. The first-order chi connectivity index (χ1) is 12.0. The maximum Gasteiger partial charge on any atom is 0.491 e. The maximum atomic E-state index is 12.2. The molecule has 0 radical (unpaired) electrons. The number of benzene rings is 1. The lowest BCUT2D eigenvalue weighted by molar-refractivity contribution is -0.394. The van der Waals surface area contributed by atoms with Crippen LogP contribution in [0.15, 0.2) is 42.9 Å². The highest BCUT2D eigenvalue weighted by Crippen LogP contribution is 2.11. The van der Waals surface area contributed by atoms with Gasteiger partial charge in [0.1, 0.15) is 0 Å². The van der Waals surface area contributed by atoms with Crippen LogP contribution in [0.5, 0.6) is 0 Å². The van der Waals surface area contributed by atoms with Gasteiger partial charge in [0.25, 0.3) is 5.91 Å². The molecule has 10 heteroatoms. The molecule has 0 spiro atoms. The number of aromatic nitrogens is 5. The van der Waals surface area contributed by atoms with E-state index in [1.54, 1.807) is 12.3 Å². The van der Waals surface area contributed by atoms with Crippen molar-refractivity contribution in [2.24, 2.45) is 0 Å². The first-order valence-corrected chi connectivity index (χ1v) is 7.52. The quantitative estimate of drug-likeness (QED) is 0.538. The summed E-state index contributed by atoms with van der Waals surface area (Å²) in [6.07, 6.45) is 3.75. The Hall–Kier alpha value is -3.56. The van der Waals surface area contributed by atoms with E-state index >= 15 is 0 Å². The summed E-state index contributed by atoms with van der Waals surface area (Å²) >= 11 is 0. The van der Waals surface area contributed by atoms with Crippen molar-refractivity contribution < 1.29 is 9.72 Å². The average Bonchev–Trinajstić information content (AvgIpc) is 3.26. The number of carbonyl (C=O) groups is 1. The standard InChI is InChI=1S/C15H15N7O3/c1-2-11-3-5-12(6-4-11)17-14(23)13-7-8-20(18-13)10-21-9-16-15(19-21)22(24)25/h3-9H,2,10H2,1H3,(H,17,23). The SMILES string of the molecule is CCc1ccc(NC(=O)c2ccn(Cn3cnc([N+](=O)[O-])n3)n2)cc1. The van der Waals surface area contributed by atoms with Gasteiger partial charge in [-0.1, -0.05) is 24.0 Å². The molecule has 1 amide bonds. The van der Waals surface area contributed by atoms with E-state index in [9.17, 15) is 14.9 Å². The summed E-state index contributed by atoms with van der Waals surface area (Å²) in [6, 6.07) is 9.13. The molecular formula is C15H15N7O3. The van der Waals surface area contributed by atoms with Gasteiger partial charge in [0, 0.05) is 17.0 Å². The Kier molecular flexibility index (Phi) is 4.50. The minimum atomic E-state index is -0.678. The molecule has 25 heavy (non-hydrogen) atoms. The molecule has 0 saturated heterocycles. The molecule has 0 aliphatic carbocycles. The number of hydrogen-bond donors (Lipinski definition) is 1. The smallest absolute Gasteiger partial charge is 0.390 e. The fourth-order valence-electron chi connectivity index (χ4n) is 2.17. The maximum absolute atomic E-state index is 12.2. The highest BCUT2D eigenvalue weighted by molar-refractivity contribution is 6.02. The van der Waals surface area contributed by atoms with Crippen LogP contribution in [-0.2, 0) is 13.1 Å². The molecule has 2 aromatic heterocycles.